The Balaban J connectivity index is 1.77. The van der Waals surface area contributed by atoms with Crippen LogP contribution in [-0.4, -0.2) is 26.2 Å². The summed E-state index contributed by atoms with van der Waals surface area (Å²) in [6.07, 6.45) is 0. The van der Waals surface area contributed by atoms with Crippen molar-refractivity contribution in [3.63, 3.8) is 0 Å². The zero-order valence-electron chi connectivity index (χ0n) is 14.3. The summed E-state index contributed by atoms with van der Waals surface area (Å²) in [6.45, 7) is 3.28. The summed E-state index contributed by atoms with van der Waals surface area (Å²) in [6, 6.07) is 14.1. The third kappa shape index (κ3) is 5.81. The SMILES string of the molecule is CN=C(NCCOc1ccc(C)cc1)NCc1cc(C#N)ccc1F. The number of nitrogens with one attached hydrogen (secondary N) is 2. The molecule has 0 unspecified atom stereocenters. The molecule has 0 saturated carbocycles. The average molecular weight is 340 g/mol. The van der Waals surface area contributed by atoms with Crippen molar-refractivity contribution in [3.05, 3.63) is 65.0 Å². The number of rotatable bonds is 6. The first-order chi connectivity index (χ1) is 12.1. The molecule has 0 radical (unpaired) electrons. The molecule has 0 amide bonds. The van der Waals surface area contributed by atoms with Gasteiger partial charge in [0.15, 0.2) is 5.96 Å². The maximum atomic E-state index is 13.8. The standard InChI is InChI=1S/C19H21FN4O/c1-14-3-6-17(7-4-14)25-10-9-23-19(22-2)24-13-16-11-15(12-21)5-8-18(16)20/h3-8,11H,9-10,13H2,1-2H3,(H2,22,23,24). The normalized spacial score (nSPS) is 10.9. The number of aliphatic imine (C=N–C) groups is 1. The summed E-state index contributed by atoms with van der Waals surface area (Å²) >= 11 is 0. The molecule has 0 heterocycles. The van der Waals surface area contributed by atoms with Gasteiger partial charge in [0.05, 0.1) is 18.2 Å². The zero-order valence-corrected chi connectivity index (χ0v) is 14.3. The maximum absolute atomic E-state index is 13.8. The van der Waals surface area contributed by atoms with E-state index < -0.39 is 0 Å². The fraction of sp³-hybridized carbons (Fsp3) is 0.263. The molecule has 0 aliphatic carbocycles. The van der Waals surface area contributed by atoms with Gasteiger partial charge in [-0.1, -0.05) is 17.7 Å². The van der Waals surface area contributed by atoms with Crippen LogP contribution < -0.4 is 15.4 Å². The van der Waals surface area contributed by atoms with Crippen molar-refractivity contribution in [3.8, 4) is 11.8 Å². The van der Waals surface area contributed by atoms with Gasteiger partial charge in [0.2, 0.25) is 0 Å². The molecule has 25 heavy (non-hydrogen) atoms. The molecule has 0 saturated heterocycles. The lowest BCUT2D eigenvalue weighted by molar-refractivity contribution is 0.322. The molecule has 0 atom stereocenters. The highest BCUT2D eigenvalue weighted by Gasteiger charge is 2.05. The number of nitriles is 1. The Hall–Kier alpha value is -3.07. The van der Waals surface area contributed by atoms with Crippen LogP contribution in [0.2, 0.25) is 0 Å². The van der Waals surface area contributed by atoms with Crippen LogP contribution in [0, 0.1) is 24.1 Å². The number of halogens is 1. The summed E-state index contributed by atoms with van der Waals surface area (Å²) in [7, 11) is 1.64. The van der Waals surface area contributed by atoms with Crippen molar-refractivity contribution in [2.24, 2.45) is 4.99 Å². The van der Waals surface area contributed by atoms with Crippen molar-refractivity contribution in [2.75, 3.05) is 20.2 Å². The third-order valence-electron chi connectivity index (χ3n) is 3.53. The van der Waals surface area contributed by atoms with E-state index in [-0.39, 0.29) is 12.4 Å². The fourth-order valence-corrected chi connectivity index (χ4v) is 2.15. The highest BCUT2D eigenvalue weighted by Crippen LogP contribution is 2.11. The number of hydrogen-bond acceptors (Lipinski definition) is 3. The van der Waals surface area contributed by atoms with E-state index in [0.717, 1.165) is 5.75 Å². The number of hydrogen-bond donors (Lipinski definition) is 2. The Labute approximate surface area is 147 Å². The van der Waals surface area contributed by atoms with Gasteiger partial charge < -0.3 is 15.4 Å². The predicted molar refractivity (Wildman–Crippen MR) is 96.0 cm³/mol. The second-order valence-corrected chi connectivity index (χ2v) is 5.43. The van der Waals surface area contributed by atoms with E-state index in [1.54, 1.807) is 7.05 Å². The number of aryl methyl sites for hydroxylation is 1. The monoisotopic (exact) mass is 340 g/mol. The van der Waals surface area contributed by atoms with Crippen molar-refractivity contribution >= 4 is 5.96 Å². The molecule has 0 spiro atoms. The zero-order chi connectivity index (χ0) is 18.1. The topological polar surface area (TPSA) is 69.4 Å². The van der Waals surface area contributed by atoms with Crippen molar-refractivity contribution in [1.29, 1.82) is 5.26 Å². The predicted octanol–water partition coefficient (Wildman–Crippen LogP) is 2.75. The first-order valence-corrected chi connectivity index (χ1v) is 7.95. The van der Waals surface area contributed by atoms with Gasteiger partial charge in [-0.05, 0) is 37.3 Å². The van der Waals surface area contributed by atoms with Crippen LogP contribution in [0.5, 0.6) is 5.75 Å². The summed E-state index contributed by atoms with van der Waals surface area (Å²) in [5.74, 6) is 0.990. The largest absolute Gasteiger partial charge is 0.492 e. The Morgan fingerprint density at radius 2 is 1.96 bits per heavy atom. The first-order valence-electron chi connectivity index (χ1n) is 7.95. The lowest BCUT2D eigenvalue weighted by atomic mass is 10.1. The fourth-order valence-electron chi connectivity index (χ4n) is 2.15. The van der Waals surface area contributed by atoms with E-state index in [4.69, 9.17) is 10.00 Å². The van der Waals surface area contributed by atoms with E-state index in [2.05, 4.69) is 15.6 Å². The minimum atomic E-state index is -0.357. The van der Waals surface area contributed by atoms with E-state index >= 15 is 0 Å². The van der Waals surface area contributed by atoms with Crippen molar-refractivity contribution in [1.82, 2.24) is 10.6 Å². The molecule has 2 N–H and O–H groups in total. The highest BCUT2D eigenvalue weighted by molar-refractivity contribution is 5.79. The summed E-state index contributed by atoms with van der Waals surface area (Å²) in [5.41, 5.74) is 2.02. The Kier molecular flexibility index (Phi) is 6.78. The van der Waals surface area contributed by atoms with Gasteiger partial charge in [0, 0.05) is 19.2 Å². The van der Waals surface area contributed by atoms with Crippen LogP contribution in [0.25, 0.3) is 0 Å². The van der Waals surface area contributed by atoms with E-state index in [1.165, 1.54) is 23.8 Å². The van der Waals surface area contributed by atoms with Gasteiger partial charge in [0.1, 0.15) is 18.2 Å². The highest BCUT2D eigenvalue weighted by atomic mass is 19.1. The molecule has 0 fully saturated rings. The quantitative estimate of drug-likeness (QED) is 0.482. The molecule has 5 nitrogen and oxygen atoms in total. The van der Waals surface area contributed by atoms with Gasteiger partial charge in [-0.25, -0.2) is 4.39 Å². The average Bonchev–Trinajstić information content (AvgIpc) is 2.64. The lowest BCUT2D eigenvalue weighted by Gasteiger charge is -2.13. The molecule has 0 aromatic heterocycles. The molecule has 2 aromatic carbocycles. The number of nitrogens with zero attached hydrogens (tertiary/aromatic N) is 2. The number of benzene rings is 2. The number of guanidine groups is 1. The maximum Gasteiger partial charge on any atom is 0.191 e. The molecule has 0 aliphatic rings. The van der Waals surface area contributed by atoms with Gasteiger partial charge >= 0.3 is 0 Å². The third-order valence-corrected chi connectivity index (χ3v) is 3.53. The van der Waals surface area contributed by atoms with Crippen LogP contribution in [0.1, 0.15) is 16.7 Å². The van der Waals surface area contributed by atoms with Crippen LogP contribution in [0.3, 0.4) is 0 Å². The Morgan fingerprint density at radius 1 is 1.20 bits per heavy atom. The summed E-state index contributed by atoms with van der Waals surface area (Å²) in [5, 5.41) is 15.0. The summed E-state index contributed by atoms with van der Waals surface area (Å²) in [4.78, 5) is 4.08. The Morgan fingerprint density at radius 3 is 2.64 bits per heavy atom. The molecule has 2 rings (SSSR count). The smallest absolute Gasteiger partial charge is 0.191 e. The first kappa shape index (κ1) is 18.3. The van der Waals surface area contributed by atoms with Crippen LogP contribution in [-0.2, 0) is 6.54 Å². The second kappa shape index (κ2) is 9.28. The van der Waals surface area contributed by atoms with Crippen molar-refractivity contribution in [2.45, 2.75) is 13.5 Å². The van der Waals surface area contributed by atoms with Gasteiger partial charge in [0.25, 0.3) is 0 Å². The van der Waals surface area contributed by atoms with E-state index in [1.807, 2.05) is 37.3 Å². The molecular formula is C19H21FN4O. The van der Waals surface area contributed by atoms with Crippen LogP contribution in [0.15, 0.2) is 47.5 Å². The molecule has 0 bridgehead atoms. The molecule has 2 aromatic rings. The van der Waals surface area contributed by atoms with E-state index in [0.29, 0.717) is 30.2 Å². The van der Waals surface area contributed by atoms with Gasteiger partial charge in [-0.3, -0.25) is 4.99 Å². The molecule has 130 valence electrons. The minimum absolute atomic E-state index is 0.236. The van der Waals surface area contributed by atoms with Gasteiger partial charge in [-0.2, -0.15) is 5.26 Å². The Bertz CT molecular complexity index is 766. The lowest BCUT2D eigenvalue weighted by Crippen LogP contribution is -2.39. The molecular weight excluding hydrogens is 319 g/mol. The summed E-state index contributed by atoms with van der Waals surface area (Å²) < 4.78 is 19.4. The molecule has 6 heteroatoms. The van der Waals surface area contributed by atoms with E-state index in [9.17, 15) is 4.39 Å². The minimum Gasteiger partial charge on any atom is -0.492 e. The molecule has 0 aliphatic heterocycles. The van der Waals surface area contributed by atoms with Crippen LogP contribution >= 0.6 is 0 Å². The van der Waals surface area contributed by atoms with Crippen molar-refractivity contribution < 1.29 is 9.13 Å². The number of ether oxygens (including phenoxy) is 1. The second-order valence-electron chi connectivity index (χ2n) is 5.43. The van der Waals surface area contributed by atoms with Gasteiger partial charge in [-0.15, -0.1) is 0 Å². The van der Waals surface area contributed by atoms with Crippen LogP contribution in [0.4, 0.5) is 4.39 Å².